The van der Waals surface area contributed by atoms with Crippen molar-refractivity contribution in [2.75, 3.05) is 13.1 Å². The number of carbonyl (C=O) groups excluding carboxylic acids is 2. The monoisotopic (exact) mass is 341 g/mol. The van der Waals surface area contributed by atoms with Crippen molar-refractivity contribution in [3.8, 4) is 6.07 Å². The molecule has 2 N–H and O–H groups in total. The van der Waals surface area contributed by atoms with Gasteiger partial charge in [0.25, 0.3) is 11.8 Å². The molecule has 128 valence electrons. The zero-order valence-corrected chi connectivity index (χ0v) is 13.3. The summed E-state index contributed by atoms with van der Waals surface area (Å²) in [6.45, 7) is 0.582. The molecule has 0 fully saturated rings. The number of amides is 2. The molecule has 2 aromatic rings. The average molecular weight is 341 g/mol. The normalized spacial score (nSPS) is 10.8. The third kappa shape index (κ3) is 5.62. The Kier molecular flexibility index (Phi) is 6.48. The quantitative estimate of drug-likeness (QED) is 0.459. The average Bonchev–Trinajstić information content (AvgIpc) is 3.12. The summed E-state index contributed by atoms with van der Waals surface area (Å²) in [5.74, 6) is -0.974. The van der Waals surface area contributed by atoms with Gasteiger partial charge in [-0.2, -0.15) is 5.26 Å². The van der Waals surface area contributed by atoms with E-state index in [0.29, 0.717) is 18.7 Å². The number of nitrogens with one attached hydrogen (secondary N) is 2. The molecule has 0 atom stereocenters. The second kappa shape index (κ2) is 9.03. The molecule has 1 aromatic carbocycles. The van der Waals surface area contributed by atoms with Crippen LogP contribution in [0.25, 0.3) is 6.08 Å². The lowest BCUT2D eigenvalue weighted by Gasteiger charge is -2.06. The maximum atomic E-state index is 13.0. The summed E-state index contributed by atoms with van der Waals surface area (Å²) in [5, 5.41) is 14.2. The molecular weight excluding hydrogens is 325 g/mol. The smallest absolute Gasteiger partial charge is 0.262 e. The molecule has 2 rings (SSSR count). The van der Waals surface area contributed by atoms with E-state index in [9.17, 15) is 14.0 Å². The van der Waals surface area contributed by atoms with Gasteiger partial charge in [-0.05, 0) is 36.8 Å². The van der Waals surface area contributed by atoms with E-state index >= 15 is 0 Å². The molecule has 2 amide bonds. The van der Waals surface area contributed by atoms with Crippen LogP contribution in [0.1, 0.15) is 22.5 Å². The zero-order chi connectivity index (χ0) is 18.1. The number of rotatable bonds is 7. The van der Waals surface area contributed by atoms with Crippen LogP contribution < -0.4 is 10.6 Å². The number of nitrogens with zero attached hydrogens (tertiary/aromatic N) is 1. The van der Waals surface area contributed by atoms with Crippen LogP contribution in [0.2, 0.25) is 0 Å². The van der Waals surface area contributed by atoms with Gasteiger partial charge in [-0.15, -0.1) is 0 Å². The van der Waals surface area contributed by atoms with E-state index in [1.54, 1.807) is 12.1 Å². The van der Waals surface area contributed by atoms with Crippen LogP contribution in [0.3, 0.4) is 0 Å². The van der Waals surface area contributed by atoms with Gasteiger partial charge < -0.3 is 15.1 Å². The third-order valence-corrected chi connectivity index (χ3v) is 3.21. The van der Waals surface area contributed by atoms with Gasteiger partial charge in [0.15, 0.2) is 0 Å². The Balaban J connectivity index is 1.73. The van der Waals surface area contributed by atoms with Gasteiger partial charge >= 0.3 is 0 Å². The first-order valence-electron chi connectivity index (χ1n) is 7.57. The van der Waals surface area contributed by atoms with Crippen LogP contribution in [-0.2, 0) is 4.79 Å². The first-order chi connectivity index (χ1) is 12.1. The van der Waals surface area contributed by atoms with E-state index in [2.05, 4.69) is 10.6 Å². The number of benzene rings is 1. The molecule has 0 unspecified atom stereocenters. The molecular formula is C18H16FN3O3. The van der Waals surface area contributed by atoms with Crippen molar-refractivity contribution in [1.29, 1.82) is 5.26 Å². The van der Waals surface area contributed by atoms with E-state index in [0.717, 1.165) is 6.07 Å². The molecule has 0 aliphatic heterocycles. The minimum Gasteiger partial charge on any atom is -0.465 e. The molecule has 0 saturated carbocycles. The molecule has 0 spiro atoms. The number of carbonyl (C=O) groups is 2. The summed E-state index contributed by atoms with van der Waals surface area (Å²) in [6.07, 6.45) is 3.26. The maximum Gasteiger partial charge on any atom is 0.262 e. The van der Waals surface area contributed by atoms with Crippen LogP contribution in [0.5, 0.6) is 0 Å². The van der Waals surface area contributed by atoms with Crippen LogP contribution in [0.4, 0.5) is 4.39 Å². The van der Waals surface area contributed by atoms with E-state index < -0.39 is 11.7 Å². The van der Waals surface area contributed by atoms with Crippen molar-refractivity contribution < 1.29 is 18.4 Å². The Morgan fingerprint density at radius 2 is 2.00 bits per heavy atom. The van der Waals surface area contributed by atoms with E-state index in [-0.39, 0.29) is 23.6 Å². The van der Waals surface area contributed by atoms with Crippen molar-refractivity contribution in [2.45, 2.75) is 6.42 Å². The fourth-order valence-corrected chi connectivity index (χ4v) is 1.98. The summed E-state index contributed by atoms with van der Waals surface area (Å²) in [6, 6.07) is 10.5. The van der Waals surface area contributed by atoms with Crippen LogP contribution >= 0.6 is 0 Å². The lowest BCUT2D eigenvalue weighted by molar-refractivity contribution is -0.117. The van der Waals surface area contributed by atoms with Gasteiger partial charge in [-0.25, -0.2) is 4.39 Å². The fourth-order valence-electron chi connectivity index (χ4n) is 1.98. The molecule has 0 aliphatic carbocycles. The minimum atomic E-state index is -0.518. The number of hydrogen-bond donors (Lipinski definition) is 2. The molecule has 0 radical (unpaired) electrons. The minimum absolute atomic E-state index is 0.0706. The van der Waals surface area contributed by atoms with Gasteiger partial charge in [0.05, 0.1) is 6.26 Å². The predicted octanol–water partition coefficient (Wildman–Crippen LogP) is 2.26. The lowest BCUT2D eigenvalue weighted by Crippen LogP contribution is -2.30. The number of halogens is 1. The van der Waals surface area contributed by atoms with Crippen LogP contribution in [0.15, 0.2) is 52.7 Å². The Morgan fingerprint density at radius 1 is 1.20 bits per heavy atom. The molecule has 0 bridgehead atoms. The highest BCUT2D eigenvalue weighted by atomic mass is 19.1. The summed E-state index contributed by atoms with van der Waals surface area (Å²) < 4.78 is 18.1. The van der Waals surface area contributed by atoms with E-state index in [1.807, 2.05) is 6.07 Å². The molecule has 1 heterocycles. The number of nitriles is 1. The van der Waals surface area contributed by atoms with Crippen LogP contribution in [0, 0.1) is 17.1 Å². The topological polar surface area (TPSA) is 95.1 Å². The fraction of sp³-hybridized carbons (Fsp3) is 0.167. The standard InChI is InChI=1S/C18H16FN3O3/c19-15-5-1-4-13(10-15)17(23)21-7-3-8-22-18(24)14(12-20)11-16-6-2-9-25-16/h1-2,4-6,9-11H,3,7-8H2,(H,21,23)(H,22,24). The second-order valence-electron chi connectivity index (χ2n) is 5.06. The SMILES string of the molecule is N#CC(=Cc1ccco1)C(=O)NCCCNC(=O)c1cccc(F)c1. The first-order valence-corrected chi connectivity index (χ1v) is 7.57. The van der Waals surface area contributed by atoms with Crippen molar-refractivity contribution in [1.82, 2.24) is 10.6 Å². The van der Waals surface area contributed by atoms with Crippen molar-refractivity contribution in [3.05, 3.63) is 65.4 Å². The van der Waals surface area contributed by atoms with Crippen molar-refractivity contribution in [2.24, 2.45) is 0 Å². The Labute approximate surface area is 143 Å². The summed E-state index contributed by atoms with van der Waals surface area (Å²) in [4.78, 5) is 23.7. The second-order valence-corrected chi connectivity index (χ2v) is 5.06. The molecule has 6 nitrogen and oxygen atoms in total. The summed E-state index contributed by atoms with van der Waals surface area (Å²) in [7, 11) is 0. The highest BCUT2D eigenvalue weighted by Crippen LogP contribution is 2.07. The Bertz CT molecular complexity index is 807. The van der Waals surface area contributed by atoms with Gasteiger partial charge in [0.1, 0.15) is 23.2 Å². The largest absolute Gasteiger partial charge is 0.465 e. The van der Waals surface area contributed by atoms with Crippen molar-refractivity contribution in [3.63, 3.8) is 0 Å². The maximum absolute atomic E-state index is 13.0. The van der Waals surface area contributed by atoms with Gasteiger partial charge in [0.2, 0.25) is 0 Å². The zero-order valence-electron chi connectivity index (χ0n) is 13.3. The molecule has 25 heavy (non-hydrogen) atoms. The highest BCUT2D eigenvalue weighted by molar-refractivity contribution is 6.01. The lowest BCUT2D eigenvalue weighted by atomic mass is 10.2. The first kappa shape index (κ1) is 17.9. The molecule has 7 heteroatoms. The Hall–Kier alpha value is -3.40. The number of furan rings is 1. The van der Waals surface area contributed by atoms with Crippen LogP contribution in [-0.4, -0.2) is 24.9 Å². The van der Waals surface area contributed by atoms with Gasteiger partial charge in [0, 0.05) is 24.7 Å². The Morgan fingerprint density at radius 3 is 2.68 bits per heavy atom. The summed E-state index contributed by atoms with van der Waals surface area (Å²) >= 11 is 0. The number of hydrogen-bond acceptors (Lipinski definition) is 4. The van der Waals surface area contributed by atoms with Gasteiger partial charge in [-0.3, -0.25) is 9.59 Å². The molecule has 0 saturated heterocycles. The summed E-state index contributed by atoms with van der Waals surface area (Å²) in [5.41, 5.74) is 0.163. The van der Waals surface area contributed by atoms with E-state index in [1.165, 1.54) is 30.5 Å². The van der Waals surface area contributed by atoms with E-state index in [4.69, 9.17) is 9.68 Å². The molecule has 1 aromatic heterocycles. The highest BCUT2D eigenvalue weighted by Gasteiger charge is 2.09. The van der Waals surface area contributed by atoms with Gasteiger partial charge in [-0.1, -0.05) is 6.07 Å². The molecule has 0 aliphatic rings. The third-order valence-electron chi connectivity index (χ3n) is 3.21. The predicted molar refractivity (Wildman–Crippen MR) is 88.7 cm³/mol. The van der Waals surface area contributed by atoms with Crippen molar-refractivity contribution >= 4 is 17.9 Å².